The predicted molar refractivity (Wildman–Crippen MR) is 128 cm³/mol. The molecule has 0 unspecified atom stereocenters. The van der Waals surface area contributed by atoms with Gasteiger partial charge in [0.1, 0.15) is 0 Å². The molecule has 0 aliphatic carbocycles. The van der Waals surface area contributed by atoms with Crippen LogP contribution in [-0.4, -0.2) is 22.4 Å². The van der Waals surface area contributed by atoms with Gasteiger partial charge in [0.15, 0.2) is 5.78 Å². The van der Waals surface area contributed by atoms with Crippen LogP contribution in [0, 0.1) is 13.8 Å². The third kappa shape index (κ3) is 5.18. The second kappa shape index (κ2) is 9.73. The van der Waals surface area contributed by atoms with Gasteiger partial charge in [0.2, 0.25) is 0 Å². The highest BCUT2D eigenvalue weighted by Gasteiger charge is 2.17. The first-order valence-electron chi connectivity index (χ1n) is 9.94. The van der Waals surface area contributed by atoms with Gasteiger partial charge in [0.05, 0.1) is 5.75 Å². The number of aromatic nitrogens is 1. The lowest BCUT2D eigenvalue weighted by Crippen LogP contribution is -2.06. The highest BCUT2D eigenvalue weighted by atomic mass is 32.2. The number of aryl methyl sites for hydroxylation is 1. The number of hydrogen-bond donors (Lipinski definition) is 0. The Morgan fingerprint density at radius 3 is 2.41 bits per heavy atom. The summed E-state index contributed by atoms with van der Waals surface area (Å²) in [5.41, 5.74) is 6.69. The molecule has 0 radical (unpaired) electrons. The fourth-order valence-electron chi connectivity index (χ4n) is 3.53. The minimum absolute atomic E-state index is 0.203. The van der Waals surface area contributed by atoms with Gasteiger partial charge < -0.3 is 4.57 Å². The van der Waals surface area contributed by atoms with Crippen LogP contribution in [0.3, 0.4) is 0 Å². The van der Waals surface area contributed by atoms with E-state index in [0.29, 0.717) is 11.7 Å². The smallest absolute Gasteiger partial charge is 0.174 e. The Bertz CT molecular complexity index is 987. The number of hydrogen-bond acceptors (Lipinski definition) is 3. The second-order valence-electron chi connectivity index (χ2n) is 7.63. The van der Waals surface area contributed by atoms with Crippen molar-refractivity contribution in [3.05, 3.63) is 82.7 Å². The van der Waals surface area contributed by atoms with Crippen LogP contribution in [0.1, 0.15) is 52.6 Å². The summed E-state index contributed by atoms with van der Waals surface area (Å²) in [6, 6.07) is 19.2. The standard InChI is InChI=1S/C25H29NOS2/c1-17(2)21-11-9-20(10-12-21)15-29-16-25(27)24-13-18(3)26(19(24)4)22-7-6-8-23(14-22)28-5/h6-14,17H,15-16H2,1-5H3. The third-order valence-electron chi connectivity index (χ3n) is 5.19. The van der Waals surface area contributed by atoms with Crippen LogP contribution >= 0.6 is 23.5 Å². The lowest BCUT2D eigenvalue weighted by Gasteiger charge is -2.11. The quantitative estimate of drug-likeness (QED) is 0.286. The van der Waals surface area contributed by atoms with E-state index >= 15 is 0 Å². The fourth-order valence-corrected chi connectivity index (χ4v) is 4.85. The highest BCUT2D eigenvalue weighted by molar-refractivity contribution is 7.99. The molecule has 0 saturated carbocycles. The summed E-state index contributed by atoms with van der Waals surface area (Å²) in [5.74, 6) is 2.11. The van der Waals surface area contributed by atoms with E-state index in [1.807, 2.05) is 13.0 Å². The molecule has 0 saturated heterocycles. The molecule has 0 spiro atoms. The van der Waals surface area contributed by atoms with Crippen LogP contribution in [0.5, 0.6) is 0 Å². The van der Waals surface area contributed by atoms with Crippen molar-refractivity contribution in [3.63, 3.8) is 0 Å². The van der Waals surface area contributed by atoms with Gasteiger partial charge in [0, 0.05) is 33.3 Å². The Morgan fingerprint density at radius 1 is 1.03 bits per heavy atom. The fraction of sp³-hybridized carbons (Fsp3) is 0.320. The monoisotopic (exact) mass is 423 g/mol. The van der Waals surface area contributed by atoms with Crippen LogP contribution in [0.2, 0.25) is 0 Å². The van der Waals surface area contributed by atoms with Crippen LogP contribution in [0.15, 0.2) is 59.5 Å². The van der Waals surface area contributed by atoms with Crippen molar-refractivity contribution in [2.75, 3.05) is 12.0 Å². The number of carbonyl (C=O) groups is 1. The average Bonchev–Trinajstić information content (AvgIpc) is 3.02. The molecule has 2 nitrogen and oxygen atoms in total. The zero-order chi connectivity index (χ0) is 21.0. The van der Waals surface area contributed by atoms with Crippen molar-refractivity contribution in [3.8, 4) is 5.69 Å². The molecule has 0 aliphatic heterocycles. The Morgan fingerprint density at radius 2 is 1.76 bits per heavy atom. The average molecular weight is 424 g/mol. The number of benzene rings is 2. The number of carbonyl (C=O) groups excluding carboxylic acids is 1. The van der Waals surface area contributed by atoms with Crippen LogP contribution < -0.4 is 0 Å². The van der Waals surface area contributed by atoms with E-state index in [1.54, 1.807) is 23.5 Å². The maximum Gasteiger partial charge on any atom is 0.174 e. The molecule has 29 heavy (non-hydrogen) atoms. The number of thioether (sulfide) groups is 2. The van der Waals surface area contributed by atoms with E-state index in [9.17, 15) is 4.79 Å². The van der Waals surface area contributed by atoms with Gasteiger partial charge in [-0.2, -0.15) is 0 Å². The summed E-state index contributed by atoms with van der Waals surface area (Å²) in [6.45, 7) is 8.52. The molecular formula is C25H29NOS2. The van der Waals surface area contributed by atoms with E-state index in [1.165, 1.54) is 16.0 Å². The van der Waals surface area contributed by atoms with Crippen LogP contribution in [-0.2, 0) is 5.75 Å². The SMILES string of the molecule is CSc1cccc(-n2c(C)cc(C(=O)CSCc3ccc(C(C)C)cc3)c2C)c1. The van der Waals surface area contributed by atoms with E-state index in [0.717, 1.165) is 28.4 Å². The minimum Gasteiger partial charge on any atom is -0.318 e. The van der Waals surface area contributed by atoms with Gasteiger partial charge in [-0.3, -0.25) is 4.79 Å². The zero-order valence-corrected chi connectivity index (χ0v) is 19.5. The van der Waals surface area contributed by atoms with E-state index in [4.69, 9.17) is 0 Å². The maximum atomic E-state index is 12.9. The van der Waals surface area contributed by atoms with Crippen molar-refractivity contribution < 1.29 is 4.79 Å². The summed E-state index contributed by atoms with van der Waals surface area (Å²) < 4.78 is 2.18. The molecule has 0 N–H and O–H groups in total. The molecule has 0 bridgehead atoms. The minimum atomic E-state index is 0.203. The number of nitrogens with zero attached hydrogens (tertiary/aromatic N) is 1. The molecule has 0 fully saturated rings. The topological polar surface area (TPSA) is 22.0 Å². The first-order valence-corrected chi connectivity index (χ1v) is 12.3. The third-order valence-corrected chi connectivity index (χ3v) is 6.92. The molecular weight excluding hydrogens is 394 g/mol. The zero-order valence-electron chi connectivity index (χ0n) is 17.9. The van der Waals surface area contributed by atoms with Crippen molar-refractivity contribution in [1.82, 2.24) is 4.57 Å². The molecule has 0 aliphatic rings. The van der Waals surface area contributed by atoms with Crippen LogP contribution in [0.4, 0.5) is 0 Å². The Balaban J connectivity index is 1.68. The van der Waals surface area contributed by atoms with Crippen LogP contribution in [0.25, 0.3) is 5.69 Å². The van der Waals surface area contributed by atoms with Crippen molar-refractivity contribution >= 4 is 29.3 Å². The Hall–Kier alpha value is -1.91. The molecule has 1 heterocycles. The van der Waals surface area contributed by atoms with E-state index in [2.05, 4.69) is 80.1 Å². The Kier molecular flexibility index (Phi) is 7.31. The lowest BCUT2D eigenvalue weighted by atomic mass is 10.0. The first kappa shape index (κ1) is 21.8. The highest BCUT2D eigenvalue weighted by Crippen LogP contribution is 2.26. The molecule has 3 rings (SSSR count). The summed E-state index contributed by atoms with van der Waals surface area (Å²) in [5, 5.41) is 0. The molecule has 1 aromatic heterocycles. The largest absolute Gasteiger partial charge is 0.318 e. The lowest BCUT2D eigenvalue weighted by molar-refractivity contribution is 0.102. The van der Waals surface area contributed by atoms with E-state index in [-0.39, 0.29) is 5.78 Å². The normalized spacial score (nSPS) is 11.2. The second-order valence-corrected chi connectivity index (χ2v) is 9.50. The van der Waals surface area contributed by atoms with Crippen molar-refractivity contribution in [2.24, 2.45) is 0 Å². The van der Waals surface area contributed by atoms with Crippen molar-refractivity contribution in [2.45, 2.75) is 44.3 Å². The summed E-state index contributed by atoms with van der Waals surface area (Å²) in [7, 11) is 0. The molecule has 4 heteroatoms. The van der Waals surface area contributed by atoms with Gasteiger partial charge in [-0.15, -0.1) is 23.5 Å². The molecule has 0 atom stereocenters. The number of ketones is 1. The molecule has 2 aromatic carbocycles. The van der Waals surface area contributed by atoms with Gasteiger partial charge in [-0.25, -0.2) is 0 Å². The van der Waals surface area contributed by atoms with Gasteiger partial charge in [-0.1, -0.05) is 44.2 Å². The number of Topliss-reactive ketones (excluding diaryl/α,β-unsaturated/α-hetero) is 1. The van der Waals surface area contributed by atoms with Crippen molar-refractivity contribution in [1.29, 1.82) is 0 Å². The summed E-state index contributed by atoms with van der Waals surface area (Å²) in [6.07, 6.45) is 2.08. The first-order chi connectivity index (χ1) is 13.9. The Labute approximate surface area is 183 Å². The predicted octanol–water partition coefficient (Wildman–Crippen LogP) is 7.06. The summed E-state index contributed by atoms with van der Waals surface area (Å²) in [4.78, 5) is 14.1. The number of rotatable bonds is 8. The molecule has 0 amide bonds. The molecule has 3 aromatic rings. The maximum absolute atomic E-state index is 12.9. The summed E-state index contributed by atoms with van der Waals surface area (Å²) >= 11 is 3.42. The molecule has 152 valence electrons. The van der Waals surface area contributed by atoms with Gasteiger partial charge in [-0.05, 0) is 61.4 Å². The van der Waals surface area contributed by atoms with Gasteiger partial charge in [0.25, 0.3) is 0 Å². The van der Waals surface area contributed by atoms with E-state index < -0.39 is 0 Å². The van der Waals surface area contributed by atoms with Gasteiger partial charge >= 0.3 is 0 Å².